The molecule has 1 aliphatic carbocycles. The number of hydrogen-bond donors (Lipinski definition) is 4. The molecule has 3 aromatic carbocycles. The van der Waals surface area contributed by atoms with E-state index in [1.165, 1.54) is 42.6 Å². The van der Waals surface area contributed by atoms with E-state index in [9.17, 15) is 23.9 Å². The summed E-state index contributed by atoms with van der Waals surface area (Å²) in [5.41, 5.74) is 1.43. The van der Waals surface area contributed by atoms with Crippen LogP contribution in [0.2, 0.25) is 0 Å². The van der Waals surface area contributed by atoms with Crippen molar-refractivity contribution < 1.29 is 33.4 Å². The molecule has 44 heavy (non-hydrogen) atoms. The van der Waals surface area contributed by atoms with Crippen molar-refractivity contribution in [3.8, 4) is 17.4 Å². The lowest BCUT2D eigenvalue weighted by atomic mass is 9.93. The Kier molecular flexibility index (Phi) is 9.65. The minimum absolute atomic E-state index is 0.0191. The molecular formula is C33H31FN4O6. The van der Waals surface area contributed by atoms with Gasteiger partial charge in [-0.15, -0.1) is 0 Å². The third kappa shape index (κ3) is 8.54. The number of amides is 3. The van der Waals surface area contributed by atoms with E-state index in [0.29, 0.717) is 28.6 Å². The quantitative estimate of drug-likeness (QED) is 0.166. The molecule has 5 rings (SSSR count). The van der Waals surface area contributed by atoms with Gasteiger partial charge < -0.3 is 30.5 Å². The van der Waals surface area contributed by atoms with E-state index in [1.54, 1.807) is 36.4 Å². The molecule has 0 saturated heterocycles. The number of para-hydroxylation sites is 1. The molecule has 4 aromatic rings. The van der Waals surface area contributed by atoms with Crippen LogP contribution in [0.15, 0.2) is 91.1 Å². The number of hydrogen-bond acceptors (Lipinski definition) is 6. The van der Waals surface area contributed by atoms with Crippen LogP contribution in [0.1, 0.15) is 41.6 Å². The van der Waals surface area contributed by atoms with Crippen LogP contribution in [-0.4, -0.2) is 40.1 Å². The van der Waals surface area contributed by atoms with Gasteiger partial charge in [-0.25, -0.2) is 19.0 Å². The van der Waals surface area contributed by atoms with Crippen LogP contribution in [0, 0.1) is 5.82 Å². The van der Waals surface area contributed by atoms with Gasteiger partial charge in [0.05, 0.1) is 23.8 Å². The Morgan fingerprint density at radius 1 is 0.841 bits per heavy atom. The number of carbonyl (C=O) groups excluding carboxylic acids is 2. The fourth-order valence-electron chi connectivity index (χ4n) is 4.84. The highest BCUT2D eigenvalue weighted by molar-refractivity contribution is 6.01. The van der Waals surface area contributed by atoms with Crippen LogP contribution in [0.3, 0.4) is 0 Å². The predicted octanol–water partition coefficient (Wildman–Crippen LogP) is 6.40. The number of nitrogens with one attached hydrogen (secondary N) is 3. The number of benzene rings is 3. The first-order chi connectivity index (χ1) is 21.3. The predicted molar refractivity (Wildman–Crippen MR) is 162 cm³/mol. The van der Waals surface area contributed by atoms with Crippen LogP contribution in [0.25, 0.3) is 0 Å². The number of anilines is 2. The van der Waals surface area contributed by atoms with E-state index in [-0.39, 0.29) is 47.6 Å². The summed E-state index contributed by atoms with van der Waals surface area (Å²) >= 11 is 0. The maximum atomic E-state index is 13.0. The zero-order chi connectivity index (χ0) is 30.9. The highest BCUT2D eigenvalue weighted by Crippen LogP contribution is 2.27. The standard InChI is InChI=1S/C33H31FN4O6/c34-22-6-8-23(9-7-22)36-33(42)37-24-10-12-25(13-11-24)43-26-14-16-27(17-15-26)44-31-18-5-21(20-35-31)19-30(39)38-29-4-2-1-3-28(29)32(40)41/h1-9,14-18,20,24-25H,10-13,19H2,(H,38,39)(H,40,41)(H2,36,37,42). The number of aromatic nitrogens is 1. The molecule has 0 bridgehead atoms. The second-order valence-corrected chi connectivity index (χ2v) is 10.4. The molecule has 1 saturated carbocycles. The summed E-state index contributed by atoms with van der Waals surface area (Å²) in [7, 11) is 0. The van der Waals surface area contributed by atoms with Gasteiger partial charge in [0.15, 0.2) is 0 Å². The second kappa shape index (κ2) is 14.1. The van der Waals surface area contributed by atoms with E-state index >= 15 is 0 Å². The van der Waals surface area contributed by atoms with Crippen LogP contribution < -0.4 is 25.4 Å². The fraction of sp³-hybridized carbons (Fsp3) is 0.212. The molecule has 0 spiro atoms. The van der Waals surface area contributed by atoms with E-state index in [1.807, 2.05) is 12.1 Å². The minimum atomic E-state index is -1.12. The number of halogens is 1. The normalized spacial score (nSPS) is 15.9. The largest absolute Gasteiger partial charge is 0.490 e. The minimum Gasteiger partial charge on any atom is -0.490 e. The van der Waals surface area contributed by atoms with Crippen molar-refractivity contribution in [3.05, 3.63) is 108 Å². The number of carboxylic acids is 1. The molecule has 0 radical (unpaired) electrons. The lowest BCUT2D eigenvalue weighted by molar-refractivity contribution is -0.115. The lowest BCUT2D eigenvalue weighted by Crippen LogP contribution is -2.41. The Balaban J connectivity index is 1.04. The first kappa shape index (κ1) is 30.0. The molecule has 1 aliphatic rings. The van der Waals surface area contributed by atoms with Crippen molar-refractivity contribution >= 4 is 29.3 Å². The monoisotopic (exact) mass is 598 g/mol. The summed E-state index contributed by atoms with van der Waals surface area (Å²) in [6.07, 6.45) is 4.73. The van der Waals surface area contributed by atoms with Crippen molar-refractivity contribution in [2.75, 3.05) is 10.6 Å². The summed E-state index contributed by atoms with van der Waals surface area (Å²) in [5, 5.41) is 17.6. The van der Waals surface area contributed by atoms with Crippen LogP contribution in [0.5, 0.6) is 17.4 Å². The van der Waals surface area contributed by atoms with E-state index in [0.717, 1.165) is 25.7 Å². The van der Waals surface area contributed by atoms with Crippen molar-refractivity contribution in [3.63, 3.8) is 0 Å². The SMILES string of the molecule is O=C(Cc1ccc(Oc2ccc(OC3CCC(NC(=O)Nc4ccc(F)cc4)CC3)cc2)nc1)Nc1ccccc1C(=O)O. The van der Waals surface area contributed by atoms with Gasteiger partial charge in [0.2, 0.25) is 11.8 Å². The Morgan fingerprint density at radius 3 is 2.23 bits per heavy atom. The van der Waals surface area contributed by atoms with Crippen LogP contribution >= 0.6 is 0 Å². The summed E-state index contributed by atoms with van der Waals surface area (Å²) in [4.78, 5) is 40.3. The number of rotatable bonds is 10. The van der Waals surface area contributed by atoms with Gasteiger partial charge in [0.25, 0.3) is 0 Å². The summed E-state index contributed by atoms with van der Waals surface area (Å²) in [6.45, 7) is 0. The number of urea groups is 1. The zero-order valence-electron chi connectivity index (χ0n) is 23.7. The summed E-state index contributed by atoms with van der Waals surface area (Å²) in [6, 6.07) is 22.1. The first-order valence-corrected chi connectivity index (χ1v) is 14.2. The van der Waals surface area contributed by atoms with E-state index in [2.05, 4.69) is 20.9 Å². The molecule has 0 unspecified atom stereocenters. The molecule has 1 aromatic heterocycles. The number of ether oxygens (including phenoxy) is 2. The van der Waals surface area contributed by atoms with Gasteiger partial charge in [-0.05, 0) is 91.9 Å². The highest BCUT2D eigenvalue weighted by Gasteiger charge is 2.24. The number of carbonyl (C=O) groups is 3. The first-order valence-electron chi connectivity index (χ1n) is 14.2. The van der Waals surface area contributed by atoms with Crippen molar-refractivity contribution in [1.82, 2.24) is 10.3 Å². The average molecular weight is 599 g/mol. The molecule has 3 amide bonds. The highest BCUT2D eigenvalue weighted by atomic mass is 19.1. The lowest BCUT2D eigenvalue weighted by Gasteiger charge is -2.29. The molecule has 226 valence electrons. The molecule has 0 aliphatic heterocycles. The smallest absolute Gasteiger partial charge is 0.337 e. The number of nitrogens with zero attached hydrogens (tertiary/aromatic N) is 1. The third-order valence-corrected chi connectivity index (χ3v) is 7.05. The van der Waals surface area contributed by atoms with E-state index < -0.39 is 5.97 Å². The molecule has 1 heterocycles. The van der Waals surface area contributed by atoms with Crippen molar-refractivity contribution in [1.29, 1.82) is 0 Å². The molecule has 1 fully saturated rings. The van der Waals surface area contributed by atoms with Crippen LogP contribution in [0.4, 0.5) is 20.6 Å². The maximum absolute atomic E-state index is 13.0. The van der Waals surface area contributed by atoms with Crippen molar-refractivity contribution in [2.45, 2.75) is 44.2 Å². The van der Waals surface area contributed by atoms with Crippen molar-refractivity contribution in [2.24, 2.45) is 0 Å². The molecule has 0 atom stereocenters. The van der Waals surface area contributed by atoms with Gasteiger partial charge in [-0.1, -0.05) is 18.2 Å². The van der Waals surface area contributed by atoms with Gasteiger partial charge >= 0.3 is 12.0 Å². The number of carboxylic acid groups (broad SMARTS) is 1. The zero-order valence-corrected chi connectivity index (χ0v) is 23.7. The summed E-state index contributed by atoms with van der Waals surface area (Å²) < 4.78 is 25.0. The molecule has 10 nitrogen and oxygen atoms in total. The van der Waals surface area contributed by atoms with Gasteiger partial charge in [0.1, 0.15) is 17.3 Å². The Bertz CT molecular complexity index is 1590. The van der Waals surface area contributed by atoms with Gasteiger partial charge in [0, 0.05) is 24.0 Å². The number of aromatic carboxylic acids is 1. The van der Waals surface area contributed by atoms with Gasteiger partial charge in [-0.3, -0.25) is 4.79 Å². The second-order valence-electron chi connectivity index (χ2n) is 10.4. The topological polar surface area (TPSA) is 139 Å². The Hall–Kier alpha value is -5.45. The third-order valence-electron chi connectivity index (χ3n) is 7.05. The summed E-state index contributed by atoms with van der Waals surface area (Å²) in [5.74, 6) is -0.200. The molecule has 11 heteroatoms. The van der Waals surface area contributed by atoms with Gasteiger partial charge in [-0.2, -0.15) is 0 Å². The Labute approximate surface area is 253 Å². The van der Waals surface area contributed by atoms with E-state index in [4.69, 9.17) is 9.47 Å². The maximum Gasteiger partial charge on any atom is 0.337 e. The van der Waals surface area contributed by atoms with Crippen LogP contribution in [-0.2, 0) is 11.2 Å². The number of pyridine rings is 1. The molecular weight excluding hydrogens is 567 g/mol. The fourth-order valence-corrected chi connectivity index (χ4v) is 4.84. The molecule has 4 N–H and O–H groups in total. The Morgan fingerprint density at radius 2 is 1.55 bits per heavy atom. The average Bonchev–Trinajstić information content (AvgIpc) is 3.01.